The van der Waals surface area contributed by atoms with Gasteiger partial charge in [-0.25, -0.2) is 0 Å². The summed E-state index contributed by atoms with van der Waals surface area (Å²) in [5, 5.41) is 21.1. The fourth-order valence-electron chi connectivity index (χ4n) is 1.52. The molecule has 0 saturated carbocycles. The Kier molecular flexibility index (Phi) is 4.97. The number of carbonyl (C=O) groups is 1. The maximum Gasteiger partial charge on any atom is 0.255 e. The van der Waals surface area contributed by atoms with Crippen LogP contribution in [-0.2, 0) is 0 Å². The van der Waals surface area contributed by atoms with Crippen LogP contribution >= 0.6 is 0 Å². The summed E-state index contributed by atoms with van der Waals surface area (Å²) in [6.07, 6.45) is 0.653. The van der Waals surface area contributed by atoms with Crippen LogP contribution in [0.25, 0.3) is 0 Å². The van der Waals surface area contributed by atoms with E-state index in [0.717, 1.165) is 5.56 Å². The van der Waals surface area contributed by atoms with E-state index in [9.17, 15) is 9.90 Å². The summed E-state index contributed by atoms with van der Waals surface area (Å²) in [4.78, 5) is 11.8. The van der Waals surface area contributed by atoms with E-state index >= 15 is 0 Å². The fourth-order valence-corrected chi connectivity index (χ4v) is 1.52. The van der Waals surface area contributed by atoms with Gasteiger partial charge >= 0.3 is 0 Å². The highest BCUT2D eigenvalue weighted by molar-refractivity contribution is 5.96. The van der Waals surface area contributed by atoms with Crippen molar-refractivity contribution < 1.29 is 15.0 Å². The van der Waals surface area contributed by atoms with Crippen molar-refractivity contribution in [1.82, 2.24) is 5.32 Å². The molecule has 4 nitrogen and oxygen atoms in total. The molecule has 1 aromatic rings. The fraction of sp³-hybridized carbons (Fsp3) is 0.462. The van der Waals surface area contributed by atoms with Gasteiger partial charge in [0.25, 0.3) is 5.91 Å². The Morgan fingerprint density at radius 2 is 2.18 bits per heavy atom. The predicted molar refractivity (Wildman–Crippen MR) is 66.0 cm³/mol. The topological polar surface area (TPSA) is 69.6 Å². The highest BCUT2D eigenvalue weighted by atomic mass is 16.3. The third kappa shape index (κ3) is 4.07. The number of aryl methyl sites for hydroxylation is 1. The molecule has 1 atom stereocenters. The van der Waals surface area contributed by atoms with Gasteiger partial charge < -0.3 is 15.5 Å². The van der Waals surface area contributed by atoms with Crippen molar-refractivity contribution in [2.45, 2.75) is 20.3 Å². The molecule has 0 aliphatic rings. The first kappa shape index (κ1) is 13.5. The Morgan fingerprint density at radius 3 is 2.76 bits per heavy atom. The second-order valence-electron chi connectivity index (χ2n) is 4.35. The van der Waals surface area contributed by atoms with Gasteiger partial charge in [-0.15, -0.1) is 0 Å². The van der Waals surface area contributed by atoms with Crippen LogP contribution in [0.2, 0.25) is 0 Å². The number of phenols is 1. The van der Waals surface area contributed by atoms with Gasteiger partial charge in [0, 0.05) is 13.2 Å². The smallest absolute Gasteiger partial charge is 0.255 e. The van der Waals surface area contributed by atoms with Crippen LogP contribution in [-0.4, -0.2) is 29.3 Å². The van der Waals surface area contributed by atoms with Crippen molar-refractivity contribution in [3.63, 3.8) is 0 Å². The molecule has 1 rings (SSSR count). The molecular formula is C13H19NO3. The third-order valence-corrected chi connectivity index (χ3v) is 2.63. The molecule has 0 bridgehead atoms. The molecule has 0 heterocycles. The van der Waals surface area contributed by atoms with Gasteiger partial charge in [-0.1, -0.05) is 13.0 Å². The van der Waals surface area contributed by atoms with Crippen LogP contribution in [0.15, 0.2) is 18.2 Å². The highest BCUT2D eigenvalue weighted by Crippen LogP contribution is 2.18. The van der Waals surface area contributed by atoms with Crippen molar-refractivity contribution in [2.24, 2.45) is 5.92 Å². The predicted octanol–water partition coefficient (Wildman–Crippen LogP) is 1.45. The molecule has 0 fully saturated rings. The quantitative estimate of drug-likeness (QED) is 0.726. The van der Waals surface area contributed by atoms with Crippen LogP contribution in [0.4, 0.5) is 0 Å². The molecular weight excluding hydrogens is 218 g/mol. The molecule has 0 radical (unpaired) electrons. The van der Waals surface area contributed by atoms with E-state index in [0.29, 0.717) is 13.0 Å². The summed E-state index contributed by atoms with van der Waals surface area (Å²) in [5.74, 6) is -0.0684. The average Bonchev–Trinajstić information content (AvgIpc) is 2.26. The standard InChI is InChI=1S/C13H19NO3/c1-9-3-4-11(12(16)7-9)13(17)14-8-10(2)5-6-15/h3-4,7,10,15-16H,5-6,8H2,1-2H3,(H,14,17). The third-order valence-electron chi connectivity index (χ3n) is 2.63. The van der Waals surface area contributed by atoms with Crippen LogP contribution < -0.4 is 5.32 Å². The number of hydrogen-bond acceptors (Lipinski definition) is 3. The summed E-state index contributed by atoms with van der Waals surface area (Å²) in [6.45, 7) is 4.41. The second kappa shape index (κ2) is 6.25. The lowest BCUT2D eigenvalue weighted by Crippen LogP contribution is -2.28. The lowest BCUT2D eigenvalue weighted by atomic mass is 10.1. The average molecular weight is 237 g/mol. The van der Waals surface area contributed by atoms with Gasteiger partial charge in [0.05, 0.1) is 5.56 Å². The van der Waals surface area contributed by atoms with E-state index in [-0.39, 0.29) is 29.7 Å². The zero-order chi connectivity index (χ0) is 12.8. The first-order valence-electron chi connectivity index (χ1n) is 5.73. The van der Waals surface area contributed by atoms with Crippen LogP contribution in [0, 0.1) is 12.8 Å². The highest BCUT2D eigenvalue weighted by Gasteiger charge is 2.11. The van der Waals surface area contributed by atoms with Crippen LogP contribution in [0.1, 0.15) is 29.3 Å². The number of hydrogen-bond donors (Lipinski definition) is 3. The van der Waals surface area contributed by atoms with Crippen molar-refractivity contribution in [1.29, 1.82) is 0 Å². The van der Waals surface area contributed by atoms with Crippen LogP contribution in [0.5, 0.6) is 5.75 Å². The number of benzene rings is 1. The molecule has 17 heavy (non-hydrogen) atoms. The SMILES string of the molecule is Cc1ccc(C(=O)NCC(C)CCO)c(O)c1. The molecule has 0 saturated heterocycles. The lowest BCUT2D eigenvalue weighted by Gasteiger charge is -2.12. The number of aliphatic hydroxyl groups excluding tert-OH is 1. The minimum atomic E-state index is -0.285. The molecule has 1 aromatic carbocycles. The number of carbonyl (C=O) groups excluding carboxylic acids is 1. The summed E-state index contributed by atoms with van der Waals surface area (Å²) in [7, 11) is 0. The molecule has 1 amide bonds. The van der Waals surface area contributed by atoms with E-state index in [1.54, 1.807) is 18.2 Å². The largest absolute Gasteiger partial charge is 0.507 e. The summed E-state index contributed by atoms with van der Waals surface area (Å²) >= 11 is 0. The molecule has 0 aliphatic carbocycles. The van der Waals surface area contributed by atoms with Crippen molar-refractivity contribution in [3.8, 4) is 5.75 Å². The second-order valence-corrected chi connectivity index (χ2v) is 4.35. The normalized spacial score (nSPS) is 12.2. The Balaban J connectivity index is 2.58. The molecule has 0 aromatic heterocycles. The van der Waals surface area contributed by atoms with E-state index in [1.165, 1.54) is 0 Å². The number of nitrogens with one attached hydrogen (secondary N) is 1. The molecule has 4 heteroatoms. The van der Waals surface area contributed by atoms with Gasteiger partial charge in [0.1, 0.15) is 5.75 Å². The summed E-state index contributed by atoms with van der Waals surface area (Å²) < 4.78 is 0. The maximum atomic E-state index is 11.8. The molecule has 3 N–H and O–H groups in total. The number of aromatic hydroxyl groups is 1. The zero-order valence-electron chi connectivity index (χ0n) is 10.2. The monoisotopic (exact) mass is 237 g/mol. The van der Waals surface area contributed by atoms with Gasteiger partial charge in [-0.05, 0) is 37.0 Å². The Morgan fingerprint density at radius 1 is 1.47 bits per heavy atom. The van der Waals surface area contributed by atoms with E-state index in [4.69, 9.17) is 5.11 Å². The maximum absolute atomic E-state index is 11.8. The van der Waals surface area contributed by atoms with Gasteiger partial charge in [-0.3, -0.25) is 4.79 Å². The summed E-state index contributed by atoms with van der Waals surface area (Å²) in [6, 6.07) is 4.95. The van der Waals surface area contributed by atoms with Crippen molar-refractivity contribution in [2.75, 3.05) is 13.2 Å². The zero-order valence-corrected chi connectivity index (χ0v) is 10.2. The number of phenolic OH excluding ortho intramolecular Hbond substituents is 1. The van der Waals surface area contributed by atoms with Crippen molar-refractivity contribution in [3.05, 3.63) is 29.3 Å². The first-order valence-corrected chi connectivity index (χ1v) is 5.73. The van der Waals surface area contributed by atoms with E-state index in [1.807, 2.05) is 13.8 Å². The lowest BCUT2D eigenvalue weighted by molar-refractivity contribution is 0.0943. The van der Waals surface area contributed by atoms with E-state index in [2.05, 4.69) is 5.32 Å². The minimum Gasteiger partial charge on any atom is -0.507 e. The van der Waals surface area contributed by atoms with Crippen molar-refractivity contribution >= 4 is 5.91 Å². The molecule has 94 valence electrons. The van der Waals surface area contributed by atoms with Gasteiger partial charge in [0.2, 0.25) is 0 Å². The number of aliphatic hydroxyl groups is 1. The Labute approximate surface area is 101 Å². The number of rotatable bonds is 5. The van der Waals surface area contributed by atoms with Gasteiger partial charge in [0.15, 0.2) is 0 Å². The number of amides is 1. The van der Waals surface area contributed by atoms with Gasteiger partial charge in [-0.2, -0.15) is 0 Å². The Hall–Kier alpha value is -1.55. The first-order chi connectivity index (χ1) is 8.04. The molecule has 0 spiro atoms. The minimum absolute atomic E-state index is 0.00249. The summed E-state index contributed by atoms with van der Waals surface area (Å²) in [5.41, 5.74) is 1.19. The Bertz CT molecular complexity index is 390. The molecule has 0 aliphatic heterocycles. The molecule has 1 unspecified atom stereocenters. The van der Waals surface area contributed by atoms with Crippen LogP contribution in [0.3, 0.4) is 0 Å². The van der Waals surface area contributed by atoms with E-state index < -0.39 is 0 Å².